The Labute approximate surface area is 122 Å². The molecule has 0 aromatic carbocycles. The molecule has 2 atom stereocenters. The Kier molecular flexibility index (Phi) is 4.40. The van der Waals surface area contributed by atoms with Gasteiger partial charge in [-0.2, -0.15) is 0 Å². The van der Waals surface area contributed by atoms with Gasteiger partial charge in [0.1, 0.15) is 0 Å². The van der Waals surface area contributed by atoms with Crippen LogP contribution in [-0.4, -0.2) is 23.5 Å². The largest absolute Gasteiger partial charge is 0.362 e. The minimum Gasteiger partial charge on any atom is -0.362 e. The number of fused-ring (bicyclic) bond motifs is 1. The Balaban J connectivity index is 1.55. The van der Waals surface area contributed by atoms with Crippen LogP contribution in [0.1, 0.15) is 64.7 Å². The van der Waals surface area contributed by atoms with Crippen molar-refractivity contribution in [3.8, 4) is 0 Å². The minimum atomic E-state index is 0.483. The molecule has 1 heterocycles. The molecule has 0 aromatic heterocycles. The first-order chi connectivity index (χ1) is 9.25. The Bertz CT molecular complexity index is 334. The van der Waals surface area contributed by atoms with Gasteiger partial charge >= 0.3 is 0 Å². The molecule has 2 saturated carbocycles. The van der Waals surface area contributed by atoms with E-state index in [1.165, 1.54) is 68.7 Å². The molecule has 0 spiro atoms. The summed E-state index contributed by atoms with van der Waals surface area (Å²) in [4.78, 5) is 4.94. The molecular formula is C16H28N2S. The van der Waals surface area contributed by atoms with Crippen molar-refractivity contribution >= 4 is 16.9 Å². The number of hydrogen-bond acceptors (Lipinski definition) is 2. The number of rotatable bonds is 2. The molecule has 1 aliphatic heterocycles. The zero-order chi connectivity index (χ0) is 13.1. The number of nitrogens with zero attached hydrogens (tertiary/aromatic N) is 1. The van der Waals surface area contributed by atoms with Gasteiger partial charge in [0.15, 0.2) is 5.17 Å². The van der Waals surface area contributed by atoms with Crippen LogP contribution in [0.25, 0.3) is 0 Å². The highest BCUT2D eigenvalue weighted by atomic mass is 32.2. The van der Waals surface area contributed by atoms with Crippen LogP contribution in [0.4, 0.5) is 0 Å². The van der Waals surface area contributed by atoms with E-state index in [1.807, 2.05) is 11.8 Å². The zero-order valence-electron chi connectivity index (χ0n) is 12.3. The molecule has 1 saturated heterocycles. The van der Waals surface area contributed by atoms with Crippen LogP contribution < -0.4 is 5.32 Å². The van der Waals surface area contributed by atoms with Crippen LogP contribution in [0.5, 0.6) is 0 Å². The van der Waals surface area contributed by atoms with E-state index >= 15 is 0 Å². The van der Waals surface area contributed by atoms with Crippen molar-refractivity contribution in [1.82, 2.24) is 5.32 Å². The maximum atomic E-state index is 4.94. The molecule has 2 aliphatic carbocycles. The van der Waals surface area contributed by atoms with E-state index in [4.69, 9.17) is 4.99 Å². The van der Waals surface area contributed by atoms with Crippen LogP contribution >= 0.6 is 11.8 Å². The van der Waals surface area contributed by atoms with Gasteiger partial charge in [-0.25, -0.2) is 0 Å². The summed E-state index contributed by atoms with van der Waals surface area (Å²) in [7, 11) is 0. The van der Waals surface area contributed by atoms with Crippen molar-refractivity contribution in [2.75, 3.05) is 12.3 Å². The summed E-state index contributed by atoms with van der Waals surface area (Å²) in [6, 6.07) is 0.730. The van der Waals surface area contributed by atoms with Crippen LogP contribution in [0.3, 0.4) is 0 Å². The van der Waals surface area contributed by atoms with Gasteiger partial charge in [0, 0.05) is 18.3 Å². The van der Waals surface area contributed by atoms with Crippen molar-refractivity contribution < 1.29 is 0 Å². The van der Waals surface area contributed by atoms with Crippen LogP contribution in [0.2, 0.25) is 0 Å². The monoisotopic (exact) mass is 280 g/mol. The first kappa shape index (κ1) is 13.8. The van der Waals surface area contributed by atoms with Crippen molar-refractivity contribution in [2.24, 2.45) is 16.3 Å². The van der Waals surface area contributed by atoms with Crippen molar-refractivity contribution in [3.05, 3.63) is 0 Å². The molecule has 19 heavy (non-hydrogen) atoms. The van der Waals surface area contributed by atoms with E-state index in [9.17, 15) is 0 Å². The van der Waals surface area contributed by atoms with Gasteiger partial charge in [-0.3, -0.25) is 4.99 Å². The molecule has 3 rings (SSSR count). The van der Waals surface area contributed by atoms with Crippen molar-refractivity contribution in [2.45, 2.75) is 70.8 Å². The fraction of sp³-hybridized carbons (Fsp3) is 0.938. The Hall–Kier alpha value is -0.180. The van der Waals surface area contributed by atoms with E-state index in [2.05, 4.69) is 12.2 Å². The highest BCUT2D eigenvalue weighted by Crippen LogP contribution is 2.37. The molecule has 3 fully saturated rings. The minimum absolute atomic E-state index is 0.483. The second kappa shape index (κ2) is 6.07. The van der Waals surface area contributed by atoms with Crippen LogP contribution in [0, 0.1) is 11.3 Å². The number of amidine groups is 1. The molecule has 0 aromatic rings. The third-order valence-electron chi connectivity index (χ3n) is 5.32. The van der Waals surface area contributed by atoms with Gasteiger partial charge in [-0.1, -0.05) is 50.8 Å². The summed E-state index contributed by atoms with van der Waals surface area (Å²) < 4.78 is 0. The number of aliphatic imine (C=N–C) groups is 1. The van der Waals surface area contributed by atoms with Gasteiger partial charge in [0.25, 0.3) is 0 Å². The molecule has 3 heteroatoms. The quantitative estimate of drug-likeness (QED) is 0.819. The molecule has 0 bridgehead atoms. The molecule has 0 radical (unpaired) electrons. The molecular weight excluding hydrogens is 252 g/mol. The van der Waals surface area contributed by atoms with E-state index in [0.717, 1.165) is 18.5 Å². The maximum Gasteiger partial charge on any atom is 0.156 e. The van der Waals surface area contributed by atoms with Gasteiger partial charge in [-0.05, 0) is 37.0 Å². The lowest BCUT2D eigenvalue weighted by Crippen LogP contribution is -2.46. The summed E-state index contributed by atoms with van der Waals surface area (Å²) in [5.41, 5.74) is 0.483. The van der Waals surface area contributed by atoms with Gasteiger partial charge in [0.05, 0.1) is 0 Å². The molecule has 0 amide bonds. The highest BCUT2D eigenvalue weighted by molar-refractivity contribution is 8.13. The maximum absolute atomic E-state index is 4.94. The molecule has 2 unspecified atom stereocenters. The number of hydrogen-bond donors (Lipinski definition) is 1. The highest BCUT2D eigenvalue weighted by Gasteiger charge is 2.31. The Morgan fingerprint density at radius 1 is 1.16 bits per heavy atom. The van der Waals surface area contributed by atoms with Crippen molar-refractivity contribution in [3.63, 3.8) is 0 Å². The normalized spacial score (nSPS) is 36.6. The second-order valence-electron chi connectivity index (χ2n) is 7.10. The molecule has 1 N–H and O–H groups in total. The predicted octanol–water partition coefficient (Wildman–Crippen LogP) is 4.21. The average molecular weight is 280 g/mol. The van der Waals surface area contributed by atoms with E-state index in [0.29, 0.717) is 5.41 Å². The van der Waals surface area contributed by atoms with Gasteiger partial charge in [0.2, 0.25) is 0 Å². The number of thioether (sulfide) groups is 1. The molecule has 2 nitrogen and oxygen atoms in total. The van der Waals surface area contributed by atoms with Crippen LogP contribution in [-0.2, 0) is 0 Å². The smallest absolute Gasteiger partial charge is 0.156 e. The topological polar surface area (TPSA) is 24.4 Å². The predicted molar refractivity (Wildman–Crippen MR) is 84.8 cm³/mol. The lowest BCUT2D eigenvalue weighted by molar-refractivity contribution is 0.226. The average Bonchev–Trinajstić information content (AvgIpc) is 2.46. The Morgan fingerprint density at radius 2 is 1.95 bits per heavy atom. The summed E-state index contributed by atoms with van der Waals surface area (Å²) in [6.07, 6.45) is 12.6. The third kappa shape index (κ3) is 3.48. The summed E-state index contributed by atoms with van der Waals surface area (Å²) in [5.74, 6) is 2.20. The summed E-state index contributed by atoms with van der Waals surface area (Å²) in [5, 5.41) is 4.97. The van der Waals surface area contributed by atoms with Gasteiger partial charge in [-0.15, -0.1) is 0 Å². The lowest BCUT2D eigenvalue weighted by Gasteiger charge is -2.37. The fourth-order valence-corrected chi connectivity index (χ4v) is 5.06. The lowest BCUT2D eigenvalue weighted by atomic mass is 9.76. The first-order valence-electron chi connectivity index (χ1n) is 8.19. The van der Waals surface area contributed by atoms with E-state index in [-0.39, 0.29) is 0 Å². The Morgan fingerprint density at radius 3 is 2.79 bits per heavy atom. The summed E-state index contributed by atoms with van der Waals surface area (Å²) >= 11 is 1.98. The number of nitrogens with one attached hydrogen (secondary N) is 1. The van der Waals surface area contributed by atoms with Crippen LogP contribution in [0.15, 0.2) is 4.99 Å². The first-order valence-corrected chi connectivity index (χ1v) is 9.18. The fourth-order valence-electron chi connectivity index (χ4n) is 3.90. The molecule has 3 aliphatic rings. The zero-order valence-corrected chi connectivity index (χ0v) is 13.1. The third-order valence-corrected chi connectivity index (χ3v) is 6.43. The van der Waals surface area contributed by atoms with Crippen molar-refractivity contribution in [1.29, 1.82) is 0 Å². The van der Waals surface area contributed by atoms with E-state index < -0.39 is 0 Å². The molecule has 108 valence electrons. The van der Waals surface area contributed by atoms with Gasteiger partial charge < -0.3 is 5.32 Å². The van der Waals surface area contributed by atoms with E-state index in [1.54, 1.807) is 0 Å². The summed E-state index contributed by atoms with van der Waals surface area (Å²) in [6.45, 7) is 3.48. The standard InChI is InChI=1S/C16H28N2S/c1-16(9-5-2-6-10-16)12-17-15-18-14-8-4-3-7-13(14)11-19-15/h13-14H,2-12H2,1H3,(H,17,18). The SMILES string of the molecule is CC1(CN=C2NC3CCCCC3CS2)CCCCC1. The second-order valence-corrected chi connectivity index (χ2v) is 8.11.